The molecule has 3 rings (SSSR count). The van der Waals surface area contributed by atoms with Crippen molar-refractivity contribution in [3.05, 3.63) is 54.1 Å². The number of carbonyl (C=O) groups is 2. The lowest BCUT2D eigenvalue weighted by Crippen LogP contribution is -2.02. The van der Waals surface area contributed by atoms with Gasteiger partial charge >= 0.3 is 0 Å². The number of hydrogen-bond donors (Lipinski definition) is 1. The lowest BCUT2D eigenvalue weighted by molar-refractivity contribution is -0.104. The number of carbonyl (C=O) groups excluding carboxylic acids is 2. The molecule has 0 fully saturated rings. The van der Waals surface area contributed by atoms with Crippen molar-refractivity contribution in [3.8, 4) is 5.75 Å². The number of benzene rings is 3. The van der Waals surface area contributed by atoms with E-state index in [1.807, 2.05) is 24.3 Å². The number of fused-ring (bicyclic) bond motifs is 2. The number of aldehydes is 1. The molecule has 0 aliphatic rings. The van der Waals surface area contributed by atoms with Crippen molar-refractivity contribution in [1.29, 1.82) is 0 Å². The maximum atomic E-state index is 11.9. The first-order valence-corrected chi connectivity index (χ1v) is 5.85. The van der Waals surface area contributed by atoms with Crippen LogP contribution in [0.5, 0.6) is 5.75 Å². The maximum Gasteiger partial charge on any atom is 0.226 e. The summed E-state index contributed by atoms with van der Waals surface area (Å²) >= 11 is 0. The van der Waals surface area contributed by atoms with Gasteiger partial charge in [-0.15, -0.1) is 12.4 Å². The van der Waals surface area contributed by atoms with E-state index < -0.39 is 5.78 Å². The standard InChI is InChI=1S/C16H10O3.ClH/c17-9-15(19)16-11-5-2-1-4-10(11)8-13-12(16)6-3-7-14(13)18;/h1-9,18H;1H. The highest BCUT2D eigenvalue weighted by molar-refractivity contribution is 6.40. The molecular weight excluding hydrogens is 276 g/mol. The van der Waals surface area contributed by atoms with Gasteiger partial charge in [-0.1, -0.05) is 36.4 Å². The molecular formula is C16H11ClO3. The molecule has 3 aromatic carbocycles. The van der Waals surface area contributed by atoms with Crippen molar-refractivity contribution in [2.24, 2.45) is 0 Å². The molecule has 0 saturated carbocycles. The molecule has 0 bridgehead atoms. The number of Topliss-reactive ketones (excluding diaryl/α,β-unsaturated/α-hetero) is 1. The Morgan fingerprint density at radius 2 is 1.65 bits per heavy atom. The molecule has 1 N–H and O–H groups in total. The number of aromatic hydroxyl groups is 1. The molecule has 0 aliphatic heterocycles. The van der Waals surface area contributed by atoms with E-state index in [1.165, 1.54) is 0 Å². The van der Waals surface area contributed by atoms with Crippen LogP contribution in [0.1, 0.15) is 10.4 Å². The summed E-state index contributed by atoms with van der Waals surface area (Å²) in [5.74, 6) is -0.476. The highest BCUT2D eigenvalue weighted by Gasteiger charge is 2.15. The summed E-state index contributed by atoms with van der Waals surface area (Å²) in [5.41, 5.74) is 0.346. The van der Waals surface area contributed by atoms with Crippen LogP contribution in [-0.4, -0.2) is 17.2 Å². The number of hydrogen-bond acceptors (Lipinski definition) is 3. The van der Waals surface area contributed by atoms with Gasteiger partial charge in [-0.05, 0) is 28.3 Å². The first-order chi connectivity index (χ1) is 9.22. The SMILES string of the molecule is Cl.O=CC(=O)c1c2ccccc2cc2c(O)cccc12. The monoisotopic (exact) mass is 286 g/mol. The minimum atomic E-state index is -0.576. The summed E-state index contributed by atoms with van der Waals surface area (Å²) in [5, 5.41) is 12.6. The van der Waals surface area contributed by atoms with Gasteiger partial charge in [0.25, 0.3) is 0 Å². The molecule has 0 aliphatic carbocycles. The Morgan fingerprint density at radius 3 is 2.40 bits per heavy atom. The van der Waals surface area contributed by atoms with Crippen molar-refractivity contribution < 1.29 is 14.7 Å². The van der Waals surface area contributed by atoms with Crippen molar-refractivity contribution in [3.63, 3.8) is 0 Å². The van der Waals surface area contributed by atoms with E-state index >= 15 is 0 Å². The average molecular weight is 287 g/mol. The van der Waals surface area contributed by atoms with Crippen LogP contribution in [0.4, 0.5) is 0 Å². The number of phenolic OH excluding ortho intramolecular Hbond substituents is 1. The molecule has 4 heteroatoms. The van der Waals surface area contributed by atoms with Gasteiger partial charge in [0.2, 0.25) is 5.78 Å². The summed E-state index contributed by atoms with van der Waals surface area (Å²) in [7, 11) is 0. The highest BCUT2D eigenvalue weighted by atomic mass is 35.5. The van der Waals surface area contributed by atoms with Crippen molar-refractivity contribution in [2.45, 2.75) is 0 Å². The van der Waals surface area contributed by atoms with E-state index in [0.717, 1.165) is 10.8 Å². The summed E-state index contributed by atoms with van der Waals surface area (Å²) in [6.07, 6.45) is 0.311. The Morgan fingerprint density at radius 1 is 0.950 bits per heavy atom. The van der Waals surface area contributed by atoms with Gasteiger partial charge in [-0.2, -0.15) is 0 Å². The minimum Gasteiger partial charge on any atom is -0.507 e. The van der Waals surface area contributed by atoms with Gasteiger partial charge in [-0.25, -0.2) is 0 Å². The average Bonchev–Trinajstić information content (AvgIpc) is 2.45. The third-order valence-electron chi connectivity index (χ3n) is 3.24. The fourth-order valence-electron chi connectivity index (χ4n) is 2.40. The van der Waals surface area contributed by atoms with Crippen LogP contribution in [0.25, 0.3) is 21.5 Å². The second-order valence-corrected chi connectivity index (χ2v) is 4.33. The molecule has 3 nitrogen and oxygen atoms in total. The van der Waals surface area contributed by atoms with Gasteiger partial charge in [0, 0.05) is 10.9 Å². The zero-order chi connectivity index (χ0) is 13.4. The Balaban J connectivity index is 0.00000147. The lowest BCUT2D eigenvalue weighted by Gasteiger charge is -2.09. The van der Waals surface area contributed by atoms with E-state index in [0.29, 0.717) is 22.6 Å². The van der Waals surface area contributed by atoms with Gasteiger partial charge in [0.05, 0.1) is 0 Å². The molecule has 0 heterocycles. The smallest absolute Gasteiger partial charge is 0.226 e. The zero-order valence-electron chi connectivity index (χ0n) is 10.4. The topological polar surface area (TPSA) is 54.4 Å². The van der Waals surface area contributed by atoms with Crippen LogP contribution in [-0.2, 0) is 4.79 Å². The largest absolute Gasteiger partial charge is 0.507 e. The van der Waals surface area contributed by atoms with E-state index in [4.69, 9.17) is 0 Å². The van der Waals surface area contributed by atoms with E-state index in [9.17, 15) is 14.7 Å². The van der Waals surface area contributed by atoms with E-state index in [1.54, 1.807) is 24.3 Å². The van der Waals surface area contributed by atoms with Crippen LogP contribution in [0, 0.1) is 0 Å². The summed E-state index contributed by atoms with van der Waals surface area (Å²) in [6.45, 7) is 0. The Kier molecular flexibility index (Phi) is 3.72. The lowest BCUT2D eigenvalue weighted by atomic mass is 9.94. The molecule has 0 amide bonds. The third kappa shape index (κ3) is 2.02. The number of halogens is 1. The van der Waals surface area contributed by atoms with E-state index in [2.05, 4.69) is 0 Å². The molecule has 0 unspecified atom stereocenters. The van der Waals surface area contributed by atoms with Crippen LogP contribution in [0.2, 0.25) is 0 Å². The molecule has 0 radical (unpaired) electrons. The second kappa shape index (κ2) is 5.31. The van der Waals surface area contributed by atoms with Crippen LogP contribution in [0.15, 0.2) is 48.5 Å². The number of ketones is 1. The maximum absolute atomic E-state index is 11.9. The summed E-state index contributed by atoms with van der Waals surface area (Å²) < 4.78 is 0. The van der Waals surface area contributed by atoms with Crippen molar-refractivity contribution in [2.75, 3.05) is 0 Å². The van der Waals surface area contributed by atoms with Gasteiger partial charge in [0.15, 0.2) is 6.29 Å². The molecule has 100 valence electrons. The van der Waals surface area contributed by atoms with Crippen molar-refractivity contribution >= 4 is 46.0 Å². The Labute approximate surface area is 121 Å². The summed E-state index contributed by atoms with van der Waals surface area (Å²) in [4.78, 5) is 22.8. The Hall–Kier alpha value is -2.39. The third-order valence-corrected chi connectivity index (χ3v) is 3.24. The van der Waals surface area contributed by atoms with Crippen molar-refractivity contribution in [1.82, 2.24) is 0 Å². The number of rotatable bonds is 2. The van der Waals surface area contributed by atoms with Gasteiger partial charge in [0.1, 0.15) is 5.75 Å². The predicted octanol–water partition coefficient (Wildman–Crippen LogP) is 3.50. The molecule has 20 heavy (non-hydrogen) atoms. The first kappa shape index (κ1) is 14.0. The number of phenols is 1. The molecule has 0 aromatic heterocycles. The minimum absolute atomic E-state index is 0. The zero-order valence-corrected chi connectivity index (χ0v) is 11.2. The molecule has 0 atom stereocenters. The summed E-state index contributed by atoms with van der Waals surface area (Å²) in [6, 6.07) is 14.1. The van der Waals surface area contributed by atoms with E-state index in [-0.39, 0.29) is 18.2 Å². The fourth-order valence-corrected chi connectivity index (χ4v) is 2.40. The van der Waals surface area contributed by atoms with Crippen LogP contribution < -0.4 is 0 Å². The Bertz CT molecular complexity index is 824. The molecule has 3 aromatic rings. The van der Waals surface area contributed by atoms with Gasteiger partial charge < -0.3 is 5.11 Å². The van der Waals surface area contributed by atoms with Crippen LogP contribution in [0.3, 0.4) is 0 Å². The predicted molar refractivity (Wildman–Crippen MR) is 80.8 cm³/mol. The molecule has 0 saturated heterocycles. The van der Waals surface area contributed by atoms with Gasteiger partial charge in [-0.3, -0.25) is 9.59 Å². The second-order valence-electron chi connectivity index (χ2n) is 4.33. The fraction of sp³-hybridized carbons (Fsp3) is 0. The first-order valence-electron chi connectivity index (χ1n) is 5.85. The normalized spacial score (nSPS) is 10.2. The highest BCUT2D eigenvalue weighted by Crippen LogP contribution is 2.33. The van der Waals surface area contributed by atoms with Crippen LogP contribution >= 0.6 is 12.4 Å². The molecule has 0 spiro atoms. The quantitative estimate of drug-likeness (QED) is 0.339.